The number of carbonyl (C=O) groups is 2. The van der Waals surface area contributed by atoms with E-state index in [4.69, 9.17) is 4.74 Å². The zero-order valence-electron chi connectivity index (χ0n) is 17.7. The Labute approximate surface area is 178 Å². The van der Waals surface area contributed by atoms with Gasteiger partial charge in [0, 0.05) is 49.5 Å². The van der Waals surface area contributed by atoms with Crippen LogP contribution in [0.1, 0.15) is 43.2 Å². The van der Waals surface area contributed by atoms with Crippen LogP contribution in [0.5, 0.6) is 5.75 Å². The number of hydrogen-bond donors (Lipinski definition) is 0. The number of hydrogen-bond acceptors (Lipinski definition) is 5. The summed E-state index contributed by atoms with van der Waals surface area (Å²) in [6.07, 6.45) is 13.8. The van der Waals surface area contributed by atoms with Crippen molar-refractivity contribution in [1.29, 1.82) is 0 Å². The van der Waals surface area contributed by atoms with Crippen LogP contribution in [0.4, 0.5) is 5.69 Å². The van der Waals surface area contributed by atoms with Gasteiger partial charge in [0.15, 0.2) is 0 Å². The molecule has 2 aliphatic carbocycles. The van der Waals surface area contributed by atoms with Gasteiger partial charge in [-0.25, -0.2) is 0 Å². The maximum Gasteiger partial charge on any atom is 0.146 e. The molecule has 1 atom stereocenters. The third kappa shape index (κ3) is 4.20. The molecule has 1 aromatic carbocycles. The fourth-order valence-corrected chi connectivity index (χ4v) is 4.67. The van der Waals surface area contributed by atoms with Crippen molar-refractivity contribution >= 4 is 18.3 Å². The Bertz CT molecular complexity index is 892. The number of allylic oxidation sites excluding steroid dienone is 5. The molecule has 5 heteroatoms. The Kier molecular flexibility index (Phi) is 6.36. The van der Waals surface area contributed by atoms with Gasteiger partial charge in [-0.1, -0.05) is 12.2 Å². The molecule has 1 saturated heterocycles. The summed E-state index contributed by atoms with van der Waals surface area (Å²) < 4.78 is 5.97. The number of ether oxygens (including phenoxy) is 1. The first-order valence-electron chi connectivity index (χ1n) is 11.0. The van der Waals surface area contributed by atoms with Crippen molar-refractivity contribution in [2.24, 2.45) is 0 Å². The van der Waals surface area contributed by atoms with Crippen LogP contribution in [0.25, 0.3) is 0 Å². The Morgan fingerprint density at radius 1 is 1.10 bits per heavy atom. The van der Waals surface area contributed by atoms with E-state index >= 15 is 0 Å². The topological polar surface area (TPSA) is 49.9 Å². The number of nitrogens with zero attached hydrogens (tertiary/aromatic N) is 2. The Morgan fingerprint density at radius 2 is 1.90 bits per heavy atom. The van der Waals surface area contributed by atoms with E-state index in [1.807, 2.05) is 19.1 Å². The second kappa shape index (κ2) is 9.33. The van der Waals surface area contributed by atoms with Gasteiger partial charge in [-0.3, -0.25) is 4.79 Å². The molecule has 1 unspecified atom stereocenters. The summed E-state index contributed by atoms with van der Waals surface area (Å²) in [6, 6.07) is 4.38. The van der Waals surface area contributed by atoms with E-state index in [0.717, 1.165) is 86.3 Å². The van der Waals surface area contributed by atoms with Gasteiger partial charge in [0.25, 0.3) is 0 Å². The summed E-state index contributed by atoms with van der Waals surface area (Å²) in [5.41, 5.74) is 5.49. The molecule has 0 N–H and O–H groups in total. The maximum absolute atomic E-state index is 11.7. The van der Waals surface area contributed by atoms with Gasteiger partial charge in [-0.15, -0.1) is 0 Å². The number of rotatable bonds is 6. The minimum atomic E-state index is -0.0192. The predicted molar refractivity (Wildman–Crippen MR) is 119 cm³/mol. The van der Waals surface area contributed by atoms with Crippen molar-refractivity contribution in [3.63, 3.8) is 0 Å². The Hall–Kier alpha value is -2.82. The van der Waals surface area contributed by atoms with E-state index in [-0.39, 0.29) is 5.92 Å². The van der Waals surface area contributed by atoms with Crippen molar-refractivity contribution in [2.75, 3.05) is 37.7 Å². The number of carbonyl (C=O) groups excluding carboxylic acids is 2. The van der Waals surface area contributed by atoms with Crippen LogP contribution in [0.3, 0.4) is 0 Å². The minimum absolute atomic E-state index is 0.0192. The summed E-state index contributed by atoms with van der Waals surface area (Å²) in [5.74, 6) is 0.925. The second-order valence-electron chi connectivity index (χ2n) is 8.11. The smallest absolute Gasteiger partial charge is 0.146 e. The lowest BCUT2D eigenvalue weighted by Gasteiger charge is -2.38. The van der Waals surface area contributed by atoms with Gasteiger partial charge in [0.2, 0.25) is 0 Å². The molecule has 0 aromatic heterocycles. The van der Waals surface area contributed by atoms with Crippen molar-refractivity contribution in [2.45, 2.75) is 38.5 Å². The van der Waals surface area contributed by atoms with Crippen molar-refractivity contribution < 1.29 is 14.3 Å². The highest BCUT2D eigenvalue weighted by atomic mass is 16.5. The molecule has 0 saturated carbocycles. The molecule has 1 aliphatic heterocycles. The monoisotopic (exact) mass is 406 g/mol. The summed E-state index contributed by atoms with van der Waals surface area (Å²) in [4.78, 5) is 27.5. The van der Waals surface area contributed by atoms with Crippen LogP contribution < -0.4 is 9.64 Å². The SMILES string of the molecule is CCOc1cc(N2CCN(C3=CC=C(C=O)CC=C3)CC2)cc2c1CCCC2C=O. The molecule has 5 nitrogen and oxygen atoms in total. The lowest BCUT2D eigenvalue weighted by Crippen LogP contribution is -2.45. The number of fused-ring (bicyclic) bond motifs is 1. The summed E-state index contributed by atoms with van der Waals surface area (Å²) in [6.45, 7) is 6.29. The highest BCUT2D eigenvalue weighted by Gasteiger charge is 2.26. The molecule has 0 spiro atoms. The molecular weight excluding hydrogens is 376 g/mol. The average molecular weight is 407 g/mol. The van der Waals surface area contributed by atoms with Crippen LogP contribution in [0.15, 0.2) is 47.7 Å². The second-order valence-corrected chi connectivity index (χ2v) is 8.11. The van der Waals surface area contributed by atoms with Gasteiger partial charge < -0.3 is 19.3 Å². The molecule has 158 valence electrons. The van der Waals surface area contributed by atoms with Gasteiger partial charge >= 0.3 is 0 Å². The Morgan fingerprint density at radius 3 is 2.63 bits per heavy atom. The molecule has 0 radical (unpaired) electrons. The standard InChI is InChI=1S/C25H30N2O3/c1-2-30-25-16-22(15-24-20(18-29)6-4-8-23(24)25)27-13-11-26(12-14-27)21-7-3-5-19(17-28)9-10-21/h3,7,9-10,15-18,20H,2,4-6,8,11-14H2,1H3. The molecule has 1 heterocycles. The van der Waals surface area contributed by atoms with E-state index in [2.05, 4.69) is 34.1 Å². The van der Waals surface area contributed by atoms with Crippen molar-refractivity contribution in [1.82, 2.24) is 4.90 Å². The number of piperazine rings is 1. The maximum atomic E-state index is 11.7. The van der Waals surface area contributed by atoms with Gasteiger partial charge in [-0.2, -0.15) is 0 Å². The van der Waals surface area contributed by atoms with E-state index in [1.165, 1.54) is 5.56 Å². The zero-order chi connectivity index (χ0) is 20.9. The van der Waals surface area contributed by atoms with Crippen LogP contribution in [0, 0.1) is 0 Å². The van der Waals surface area contributed by atoms with Gasteiger partial charge in [0.05, 0.1) is 6.61 Å². The van der Waals surface area contributed by atoms with E-state index in [9.17, 15) is 9.59 Å². The molecule has 30 heavy (non-hydrogen) atoms. The van der Waals surface area contributed by atoms with E-state index < -0.39 is 0 Å². The third-order valence-electron chi connectivity index (χ3n) is 6.31. The molecule has 1 aromatic rings. The lowest BCUT2D eigenvalue weighted by molar-refractivity contribution is -0.109. The predicted octanol–water partition coefficient (Wildman–Crippen LogP) is 3.80. The third-order valence-corrected chi connectivity index (χ3v) is 6.31. The highest BCUT2D eigenvalue weighted by molar-refractivity contribution is 5.74. The van der Waals surface area contributed by atoms with Gasteiger partial charge in [0.1, 0.15) is 18.3 Å². The van der Waals surface area contributed by atoms with Crippen molar-refractivity contribution in [3.8, 4) is 5.75 Å². The fourth-order valence-electron chi connectivity index (χ4n) is 4.67. The largest absolute Gasteiger partial charge is 0.494 e. The molecule has 4 rings (SSSR count). The quantitative estimate of drug-likeness (QED) is 0.673. The zero-order valence-corrected chi connectivity index (χ0v) is 17.7. The number of benzene rings is 1. The average Bonchev–Trinajstić information content (AvgIpc) is 3.04. The molecule has 0 amide bonds. The first-order chi connectivity index (χ1) is 14.7. The molecule has 1 fully saturated rings. The van der Waals surface area contributed by atoms with Crippen molar-refractivity contribution in [3.05, 3.63) is 58.8 Å². The number of aldehydes is 2. The molecule has 3 aliphatic rings. The van der Waals surface area contributed by atoms with E-state index in [0.29, 0.717) is 13.0 Å². The fraction of sp³-hybridized carbons (Fsp3) is 0.440. The van der Waals surface area contributed by atoms with Crippen LogP contribution in [-0.2, 0) is 16.0 Å². The van der Waals surface area contributed by atoms with Gasteiger partial charge in [-0.05, 0) is 67.5 Å². The normalized spacial score (nSPS) is 21.3. The molecular formula is C25H30N2O3. The van der Waals surface area contributed by atoms with Crippen LogP contribution in [0.2, 0.25) is 0 Å². The van der Waals surface area contributed by atoms with E-state index in [1.54, 1.807) is 0 Å². The number of anilines is 1. The minimum Gasteiger partial charge on any atom is -0.494 e. The summed E-state index contributed by atoms with van der Waals surface area (Å²) in [5, 5.41) is 0. The first-order valence-corrected chi connectivity index (χ1v) is 11.0. The molecule has 0 bridgehead atoms. The summed E-state index contributed by atoms with van der Waals surface area (Å²) >= 11 is 0. The first kappa shape index (κ1) is 20.5. The summed E-state index contributed by atoms with van der Waals surface area (Å²) in [7, 11) is 0. The van der Waals surface area contributed by atoms with Crippen LogP contribution >= 0.6 is 0 Å². The Balaban J connectivity index is 1.53. The lowest BCUT2D eigenvalue weighted by atomic mass is 9.82. The van der Waals surface area contributed by atoms with Crippen LogP contribution in [-0.4, -0.2) is 50.3 Å². The highest BCUT2D eigenvalue weighted by Crippen LogP contribution is 2.39.